The van der Waals surface area contributed by atoms with Crippen molar-refractivity contribution < 1.29 is 23.1 Å². The van der Waals surface area contributed by atoms with E-state index >= 15 is 0 Å². The molecular formula is C19H21F3N4O2. The van der Waals surface area contributed by atoms with Crippen LogP contribution in [0.15, 0.2) is 36.7 Å². The zero-order valence-corrected chi connectivity index (χ0v) is 15.0. The Hall–Kier alpha value is -2.68. The van der Waals surface area contributed by atoms with Crippen molar-refractivity contribution in [3.63, 3.8) is 0 Å². The maximum Gasteiger partial charge on any atom is 0.416 e. The summed E-state index contributed by atoms with van der Waals surface area (Å²) in [5.41, 5.74) is -0.539. The summed E-state index contributed by atoms with van der Waals surface area (Å²) in [7, 11) is 0. The van der Waals surface area contributed by atoms with E-state index in [0.717, 1.165) is 37.8 Å². The molecule has 1 aliphatic carbocycles. The Labute approximate surface area is 160 Å². The molecule has 0 aliphatic heterocycles. The van der Waals surface area contributed by atoms with Gasteiger partial charge in [-0.15, -0.1) is 0 Å². The van der Waals surface area contributed by atoms with Crippen molar-refractivity contribution in [3.8, 4) is 0 Å². The van der Waals surface area contributed by atoms with Gasteiger partial charge in [0.05, 0.1) is 11.7 Å². The number of anilines is 2. The first kappa shape index (κ1) is 20.1. The number of aliphatic hydroxyl groups is 1. The fraction of sp³-hybridized carbons (Fsp3) is 0.421. The van der Waals surface area contributed by atoms with Gasteiger partial charge in [-0.25, -0.2) is 9.97 Å². The molecule has 150 valence electrons. The highest BCUT2D eigenvalue weighted by Crippen LogP contribution is 2.30. The molecule has 2 atom stereocenters. The molecule has 6 nitrogen and oxygen atoms in total. The molecule has 0 saturated heterocycles. The molecule has 1 heterocycles. The Bertz CT molecular complexity index is 812. The van der Waals surface area contributed by atoms with Crippen LogP contribution in [0.5, 0.6) is 0 Å². The molecule has 3 rings (SSSR count). The maximum absolute atomic E-state index is 12.6. The fourth-order valence-corrected chi connectivity index (χ4v) is 3.22. The number of aliphatic hydroxyl groups excluding tert-OH is 1. The standard InChI is InChI=1S/C19H21F3N4O2/c20-19(21,22)13-5-7-14(8-6-13)26-18(28)16-17(24-10-9-23-16)25-11-12-3-1-2-4-15(12)27/h5-10,12,15,27H,1-4,11H2,(H,24,25)(H,26,28)/t12?,15-/m1/s1. The van der Waals surface area contributed by atoms with Crippen molar-refractivity contribution in [2.45, 2.75) is 38.0 Å². The van der Waals surface area contributed by atoms with E-state index < -0.39 is 17.6 Å². The third-order valence-electron chi connectivity index (χ3n) is 4.78. The van der Waals surface area contributed by atoms with Crippen molar-refractivity contribution in [2.75, 3.05) is 17.2 Å². The van der Waals surface area contributed by atoms with Crippen LogP contribution in [0.4, 0.5) is 24.7 Å². The van der Waals surface area contributed by atoms with Crippen LogP contribution in [0, 0.1) is 5.92 Å². The first-order valence-corrected chi connectivity index (χ1v) is 9.06. The van der Waals surface area contributed by atoms with E-state index in [2.05, 4.69) is 20.6 Å². The van der Waals surface area contributed by atoms with Crippen LogP contribution in [0.1, 0.15) is 41.7 Å². The van der Waals surface area contributed by atoms with Crippen molar-refractivity contribution in [1.29, 1.82) is 0 Å². The van der Waals surface area contributed by atoms with Gasteiger partial charge in [0, 0.05) is 30.5 Å². The largest absolute Gasteiger partial charge is 0.416 e. The Morgan fingerprint density at radius 3 is 2.46 bits per heavy atom. The second-order valence-electron chi connectivity index (χ2n) is 6.78. The molecule has 0 bridgehead atoms. The van der Waals surface area contributed by atoms with Crippen molar-refractivity contribution in [2.24, 2.45) is 5.92 Å². The lowest BCUT2D eigenvalue weighted by Gasteiger charge is -2.27. The highest BCUT2D eigenvalue weighted by molar-refractivity contribution is 6.05. The number of halogens is 3. The van der Waals surface area contributed by atoms with Gasteiger partial charge in [0.25, 0.3) is 5.91 Å². The number of aromatic nitrogens is 2. The van der Waals surface area contributed by atoms with Crippen LogP contribution >= 0.6 is 0 Å². The van der Waals surface area contributed by atoms with E-state index in [9.17, 15) is 23.1 Å². The maximum atomic E-state index is 12.6. The molecule has 1 amide bonds. The molecule has 1 aromatic heterocycles. The summed E-state index contributed by atoms with van der Waals surface area (Å²) >= 11 is 0. The number of hydrogen-bond acceptors (Lipinski definition) is 5. The SMILES string of the molecule is O=C(Nc1ccc(C(F)(F)F)cc1)c1nccnc1NCC1CCCC[C@H]1O. The van der Waals surface area contributed by atoms with Crippen LogP contribution in [0.2, 0.25) is 0 Å². The second-order valence-corrected chi connectivity index (χ2v) is 6.78. The van der Waals surface area contributed by atoms with Crippen LogP contribution in [0.3, 0.4) is 0 Å². The highest BCUT2D eigenvalue weighted by Gasteiger charge is 2.30. The van der Waals surface area contributed by atoms with Crippen molar-refractivity contribution in [1.82, 2.24) is 9.97 Å². The average Bonchev–Trinajstić information content (AvgIpc) is 2.67. The van der Waals surface area contributed by atoms with Gasteiger partial charge in [-0.1, -0.05) is 12.8 Å². The van der Waals surface area contributed by atoms with E-state index in [1.165, 1.54) is 24.5 Å². The summed E-state index contributed by atoms with van der Waals surface area (Å²) in [4.78, 5) is 20.7. The van der Waals surface area contributed by atoms with Crippen LogP contribution < -0.4 is 10.6 Å². The Morgan fingerprint density at radius 2 is 1.79 bits per heavy atom. The number of rotatable bonds is 5. The topological polar surface area (TPSA) is 87.1 Å². The van der Waals surface area contributed by atoms with Gasteiger partial charge in [0.2, 0.25) is 0 Å². The Balaban J connectivity index is 1.67. The number of benzene rings is 1. The molecule has 1 aromatic carbocycles. The minimum absolute atomic E-state index is 0.0349. The third kappa shape index (κ3) is 4.98. The lowest BCUT2D eigenvalue weighted by molar-refractivity contribution is -0.137. The second kappa shape index (κ2) is 8.55. The minimum Gasteiger partial charge on any atom is -0.393 e. The zero-order chi connectivity index (χ0) is 20.1. The average molecular weight is 394 g/mol. The number of carbonyl (C=O) groups is 1. The smallest absolute Gasteiger partial charge is 0.393 e. The molecule has 3 N–H and O–H groups in total. The minimum atomic E-state index is -4.44. The summed E-state index contributed by atoms with van der Waals surface area (Å²) in [6.07, 6.45) is 1.68. The normalized spacial score (nSPS) is 19.9. The van der Waals surface area contributed by atoms with Gasteiger partial charge in [-0.2, -0.15) is 13.2 Å². The zero-order valence-electron chi connectivity index (χ0n) is 15.0. The summed E-state index contributed by atoms with van der Waals surface area (Å²) < 4.78 is 37.9. The number of nitrogens with one attached hydrogen (secondary N) is 2. The number of alkyl halides is 3. The lowest BCUT2D eigenvalue weighted by Crippen LogP contribution is -2.31. The van der Waals surface area contributed by atoms with Crippen molar-refractivity contribution in [3.05, 3.63) is 47.9 Å². The molecule has 1 aliphatic rings. The van der Waals surface area contributed by atoms with E-state index in [0.29, 0.717) is 6.54 Å². The van der Waals surface area contributed by atoms with Crippen LogP contribution in [-0.4, -0.2) is 33.6 Å². The molecule has 9 heteroatoms. The van der Waals surface area contributed by atoms with Crippen LogP contribution in [-0.2, 0) is 6.18 Å². The predicted molar refractivity (Wildman–Crippen MR) is 97.9 cm³/mol. The van der Waals surface area contributed by atoms with Crippen molar-refractivity contribution >= 4 is 17.4 Å². The summed E-state index contributed by atoms with van der Waals surface area (Å²) in [5, 5.41) is 15.7. The predicted octanol–water partition coefficient (Wildman–Crippen LogP) is 3.71. The summed E-state index contributed by atoms with van der Waals surface area (Å²) in [6.45, 7) is 0.459. The molecule has 1 unspecified atom stereocenters. The van der Waals surface area contributed by atoms with Gasteiger partial charge >= 0.3 is 6.18 Å². The third-order valence-corrected chi connectivity index (χ3v) is 4.78. The number of carbonyl (C=O) groups excluding carboxylic acids is 1. The quantitative estimate of drug-likeness (QED) is 0.720. The molecular weight excluding hydrogens is 373 g/mol. The van der Waals surface area contributed by atoms with Gasteiger partial charge < -0.3 is 15.7 Å². The van der Waals surface area contributed by atoms with Crippen LogP contribution in [0.25, 0.3) is 0 Å². The Morgan fingerprint density at radius 1 is 1.11 bits per heavy atom. The van der Waals surface area contributed by atoms with E-state index in [-0.39, 0.29) is 29.2 Å². The number of nitrogens with zero attached hydrogens (tertiary/aromatic N) is 2. The Kier molecular flexibility index (Phi) is 6.13. The van der Waals surface area contributed by atoms with Gasteiger partial charge in [-0.3, -0.25) is 4.79 Å². The fourth-order valence-electron chi connectivity index (χ4n) is 3.22. The van der Waals surface area contributed by atoms with Gasteiger partial charge in [-0.05, 0) is 37.1 Å². The van der Waals surface area contributed by atoms with E-state index in [1.807, 2.05) is 0 Å². The molecule has 0 spiro atoms. The number of amides is 1. The number of hydrogen-bond donors (Lipinski definition) is 3. The van der Waals surface area contributed by atoms with Gasteiger partial charge in [0.1, 0.15) is 0 Å². The highest BCUT2D eigenvalue weighted by atomic mass is 19.4. The van der Waals surface area contributed by atoms with E-state index in [4.69, 9.17) is 0 Å². The first-order valence-electron chi connectivity index (χ1n) is 9.06. The lowest BCUT2D eigenvalue weighted by atomic mass is 9.86. The first-order chi connectivity index (χ1) is 13.3. The summed E-state index contributed by atoms with van der Waals surface area (Å²) in [6, 6.07) is 4.16. The summed E-state index contributed by atoms with van der Waals surface area (Å²) in [5.74, 6) is -0.245. The monoisotopic (exact) mass is 394 g/mol. The molecule has 2 aromatic rings. The molecule has 28 heavy (non-hydrogen) atoms. The molecule has 1 fully saturated rings. The molecule has 0 radical (unpaired) electrons. The van der Waals surface area contributed by atoms with Gasteiger partial charge in [0.15, 0.2) is 11.5 Å². The van der Waals surface area contributed by atoms with E-state index in [1.54, 1.807) is 0 Å². The molecule has 1 saturated carbocycles.